The Morgan fingerprint density at radius 3 is 2.55 bits per heavy atom. The molecule has 1 saturated heterocycles. The molecule has 3 heteroatoms. The largest absolute Gasteiger partial charge is 0.457 e. The number of rotatable bonds is 4. The lowest BCUT2D eigenvalue weighted by molar-refractivity contribution is 0.475. The molecule has 0 amide bonds. The van der Waals surface area contributed by atoms with Crippen LogP contribution in [0.1, 0.15) is 30.4 Å². The molecule has 2 aromatic rings. The van der Waals surface area contributed by atoms with Crippen molar-refractivity contribution in [2.75, 3.05) is 18.0 Å². The minimum absolute atomic E-state index is 0.494. The highest BCUT2D eigenvalue weighted by atomic mass is 16.5. The minimum Gasteiger partial charge on any atom is -0.457 e. The Kier molecular flexibility index (Phi) is 4.64. The Labute approximate surface area is 132 Å². The number of hydrogen-bond donors (Lipinski definition) is 1. The quantitative estimate of drug-likeness (QED) is 0.917. The summed E-state index contributed by atoms with van der Waals surface area (Å²) in [5.74, 6) is 1.74. The summed E-state index contributed by atoms with van der Waals surface area (Å²) in [6.45, 7) is 4.79. The van der Waals surface area contributed by atoms with Gasteiger partial charge in [-0.15, -0.1) is 0 Å². The van der Waals surface area contributed by atoms with Crippen LogP contribution in [-0.2, 0) is 6.54 Å². The van der Waals surface area contributed by atoms with Crippen molar-refractivity contribution < 1.29 is 4.74 Å². The number of aryl methyl sites for hydroxylation is 1. The second-order valence-corrected chi connectivity index (χ2v) is 5.92. The van der Waals surface area contributed by atoms with E-state index in [0.29, 0.717) is 6.54 Å². The van der Waals surface area contributed by atoms with Crippen LogP contribution in [0.2, 0.25) is 0 Å². The van der Waals surface area contributed by atoms with E-state index < -0.39 is 0 Å². The molecule has 3 nitrogen and oxygen atoms in total. The van der Waals surface area contributed by atoms with E-state index in [2.05, 4.69) is 30.0 Å². The van der Waals surface area contributed by atoms with Crippen LogP contribution in [0, 0.1) is 6.92 Å². The van der Waals surface area contributed by atoms with Crippen molar-refractivity contribution in [3.63, 3.8) is 0 Å². The van der Waals surface area contributed by atoms with Gasteiger partial charge >= 0.3 is 0 Å². The van der Waals surface area contributed by atoms with Crippen LogP contribution in [-0.4, -0.2) is 13.1 Å². The first-order valence-electron chi connectivity index (χ1n) is 8.09. The number of piperidine rings is 1. The summed E-state index contributed by atoms with van der Waals surface area (Å²) in [6.07, 6.45) is 3.84. The normalized spacial score (nSPS) is 14.9. The maximum absolute atomic E-state index is 6.11. The molecule has 1 fully saturated rings. The number of nitrogens with two attached hydrogens (primary N) is 1. The van der Waals surface area contributed by atoms with E-state index in [4.69, 9.17) is 10.5 Å². The average Bonchev–Trinajstić information content (AvgIpc) is 2.55. The Hall–Kier alpha value is -2.00. The fourth-order valence-corrected chi connectivity index (χ4v) is 3.09. The third kappa shape index (κ3) is 3.25. The van der Waals surface area contributed by atoms with E-state index in [0.717, 1.165) is 30.2 Å². The first-order valence-corrected chi connectivity index (χ1v) is 8.09. The molecule has 0 saturated carbocycles. The third-order valence-corrected chi connectivity index (χ3v) is 4.23. The molecule has 0 spiro atoms. The lowest BCUT2D eigenvalue weighted by Gasteiger charge is -2.31. The van der Waals surface area contributed by atoms with Gasteiger partial charge in [0.05, 0.1) is 0 Å². The van der Waals surface area contributed by atoms with Gasteiger partial charge < -0.3 is 15.4 Å². The Balaban J connectivity index is 1.90. The Morgan fingerprint density at radius 1 is 1.05 bits per heavy atom. The Bertz CT molecular complexity index is 633. The maximum Gasteiger partial charge on any atom is 0.133 e. The van der Waals surface area contributed by atoms with E-state index in [1.54, 1.807) is 0 Å². The standard InChI is InChI=1S/C19H24N2O/c1-15-7-5-8-16(13-15)22-19-10-6-9-18(17(19)14-20)21-11-3-2-4-12-21/h5-10,13H,2-4,11-12,14,20H2,1H3. The first-order chi connectivity index (χ1) is 10.8. The van der Waals surface area contributed by atoms with Gasteiger partial charge in [0.2, 0.25) is 0 Å². The van der Waals surface area contributed by atoms with E-state index in [9.17, 15) is 0 Å². The van der Waals surface area contributed by atoms with Crippen molar-refractivity contribution in [3.05, 3.63) is 53.6 Å². The number of anilines is 1. The molecule has 22 heavy (non-hydrogen) atoms. The SMILES string of the molecule is Cc1cccc(Oc2cccc(N3CCCCC3)c2CN)c1. The van der Waals surface area contributed by atoms with Gasteiger partial charge in [-0.3, -0.25) is 0 Å². The fraction of sp³-hybridized carbons (Fsp3) is 0.368. The van der Waals surface area contributed by atoms with Crippen LogP contribution in [0.4, 0.5) is 5.69 Å². The second kappa shape index (κ2) is 6.84. The van der Waals surface area contributed by atoms with Crippen LogP contribution in [0.25, 0.3) is 0 Å². The molecule has 0 aromatic heterocycles. The van der Waals surface area contributed by atoms with Crippen molar-refractivity contribution in [1.29, 1.82) is 0 Å². The molecule has 0 atom stereocenters. The zero-order valence-electron chi connectivity index (χ0n) is 13.2. The van der Waals surface area contributed by atoms with Crippen molar-refractivity contribution in [2.24, 2.45) is 5.73 Å². The molecule has 0 radical (unpaired) electrons. The van der Waals surface area contributed by atoms with Crippen molar-refractivity contribution in [3.8, 4) is 11.5 Å². The average molecular weight is 296 g/mol. The first kappa shape index (κ1) is 14.9. The zero-order chi connectivity index (χ0) is 15.4. The second-order valence-electron chi connectivity index (χ2n) is 5.92. The minimum atomic E-state index is 0.494. The third-order valence-electron chi connectivity index (χ3n) is 4.23. The summed E-state index contributed by atoms with van der Waals surface area (Å²) in [7, 11) is 0. The maximum atomic E-state index is 6.11. The van der Waals surface area contributed by atoms with Crippen LogP contribution < -0.4 is 15.4 Å². The van der Waals surface area contributed by atoms with Crippen LogP contribution in [0.5, 0.6) is 11.5 Å². The summed E-state index contributed by atoms with van der Waals surface area (Å²) in [5.41, 5.74) is 9.56. The molecule has 0 unspecified atom stereocenters. The number of benzene rings is 2. The van der Waals surface area contributed by atoms with E-state index in [1.165, 1.54) is 30.5 Å². The van der Waals surface area contributed by atoms with Gasteiger partial charge in [-0.05, 0) is 56.0 Å². The van der Waals surface area contributed by atoms with Crippen molar-refractivity contribution in [1.82, 2.24) is 0 Å². The highest BCUT2D eigenvalue weighted by molar-refractivity contribution is 5.60. The number of hydrogen-bond acceptors (Lipinski definition) is 3. The molecule has 116 valence electrons. The summed E-state index contributed by atoms with van der Waals surface area (Å²) in [6, 6.07) is 14.4. The molecule has 1 heterocycles. The number of nitrogens with zero attached hydrogens (tertiary/aromatic N) is 1. The molecular weight excluding hydrogens is 272 g/mol. The molecule has 1 aliphatic heterocycles. The fourth-order valence-electron chi connectivity index (χ4n) is 3.09. The topological polar surface area (TPSA) is 38.5 Å². The van der Waals surface area contributed by atoms with Crippen molar-refractivity contribution >= 4 is 5.69 Å². The molecule has 3 rings (SSSR count). The smallest absolute Gasteiger partial charge is 0.133 e. The highest BCUT2D eigenvalue weighted by Crippen LogP contribution is 2.33. The molecular formula is C19H24N2O. The van der Waals surface area contributed by atoms with Gasteiger partial charge in [0.25, 0.3) is 0 Å². The van der Waals surface area contributed by atoms with Gasteiger partial charge in [-0.25, -0.2) is 0 Å². The van der Waals surface area contributed by atoms with Crippen molar-refractivity contribution in [2.45, 2.75) is 32.7 Å². The Morgan fingerprint density at radius 2 is 1.82 bits per heavy atom. The summed E-state index contributed by atoms with van der Waals surface area (Å²) in [4.78, 5) is 2.44. The molecule has 0 aliphatic carbocycles. The van der Waals surface area contributed by atoms with Gasteiger partial charge in [0.15, 0.2) is 0 Å². The summed E-state index contributed by atoms with van der Waals surface area (Å²) in [5, 5.41) is 0. The van der Waals surface area contributed by atoms with E-state index in [1.807, 2.05) is 24.3 Å². The molecule has 2 N–H and O–H groups in total. The molecule has 2 aromatic carbocycles. The summed E-state index contributed by atoms with van der Waals surface area (Å²) >= 11 is 0. The van der Waals surface area contributed by atoms with Crippen LogP contribution >= 0.6 is 0 Å². The summed E-state index contributed by atoms with van der Waals surface area (Å²) < 4.78 is 6.11. The van der Waals surface area contributed by atoms with Gasteiger partial charge in [-0.2, -0.15) is 0 Å². The van der Waals surface area contributed by atoms with Crippen LogP contribution in [0.3, 0.4) is 0 Å². The van der Waals surface area contributed by atoms with Crippen LogP contribution in [0.15, 0.2) is 42.5 Å². The van der Waals surface area contributed by atoms with E-state index in [-0.39, 0.29) is 0 Å². The molecule has 1 aliphatic rings. The van der Waals surface area contributed by atoms with Gasteiger partial charge in [0.1, 0.15) is 11.5 Å². The lowest BCUT2D eigenvalue weighted by Crippen LogP contribution is -2.30. The predicted octanol–water partition coefficient (Wildman–Crippen LogP) is 4.24. The monoisotopic (exact) mass is 296 g/mol. The lowest BCUT2D eigenvalue weighted by atomic mass is 10.1. The van der Waals surface area contributed by atoms with E-state index >= 15 is 0 Å². The predicted molar refractivity (Wildman–Crippen MR) is 91.7 cm³/mol. The number of ether oxygens (including phenoxy) is 1. The zero-order valence-corrected chi connectivity index (χ0v) is 13.2. The van der Waals surface area contributed by atoms with Gasteiger partial charge in [-0.1, -0.05) is 18.2 Å². The molecule has 0 bridgehead atoms. The highest BCUT2D eigenvalue weighted by Gasteiger charge is 2.17. The van der Waals surface area contributed by atoms with Gasteiger partial charge in [0, 0.05) is 30.9 Å².